The van der Waals surface area contributed by atoms with Crippen LogP contribution in [-0.4, -0.2) is 30.3 Å². The molecule has 0 saturated heterocycles. The van der Waals surface area contributed by atoms with Crippen molar-refractivity contribution in [1.82, 2.24) is 5.32 Å². The van der Waals surface area contributed by atoms with Crippen LogP contribution >= 0.6 is 0 Å². The lowest BCUT2D eigenvalue weighted by atomic mass is 9.64. The number of ether oxygens (including phenoxy) is 1. The maximum absolute atomic E-state index is 11.2. The number of carbonyl (C=O) groups excluding carboxylic acids is 1. The molecule has 2 unspecified atom stereocenters. The quantitative estimate of drug-likeness (QED) is 0.792. The van der Waals surface area contributed by atoms with Gasteiger partial charge >= 0.3 is 5.97 Å². The summed E-state index contributed by atoms with van der Waals surface area (Å²) in [6.45, 7) is 4.60. The standard InChI is InChI=1S/C13H19NO4/c1-13(2)10(5-11(13)15)14-6-9-4-8(7-18-9)12(16)17-3/h4,7,10-11,14-15H,5-6H2,1-3H3. The molecule has 100 valence electrons. The van der Waals surface area contributed by atoms with Gasteiger partial charge in [0.1, 0.15) is 12.0 Å². The van der Waals surface area contributed by atoms with Gasteiger partial charge in [0.05, 0.1) is 25.3 Å². The van der Waals surface area contributed by atoms with Crippen LogP contribution in [0.25, 0.3) is 0 Å². The second-order valence-corrected chi connectivity index (χ2v) is 5.30. The Morgan fingerprint density at radius 1 is 1.67 bits per heavy atom. The van der Waals surface area contributed by atoms with E-state index in [0.717, 1.165) is 6.42 Å². The fourth-order valence-corrected chi connectivity index (χ4v) is 2.17. The van der Waals surface area contributed by atoms with E-state index < -0.39 is 5.97 Å². The van der Waals surface area contributed by atoms with Crippen molar-refractivity contribution in [2.45, 2.75) is 39.0 Å². The number of hydrogen-bond donors (Lipinski definition) is 2. The summed E-state index contributed by atoms with van der Waals surface area (Å²) in [5.41, 5.74) is 0.305. The Hall–Kier alpha value is -1.33. The van der Waals surface area contributed by atoms with Crippen molar-refractivity contribution >= 4 is 5.97 Å². The predicted molar refractivity (Wildman–Crippen MR) is 65.1 cm³/mol. The number of carbonyl (C=O) groups is 1. The molecule has 1 aromatic heterocycles. The number of esters is 1. The van der Waals surface area contributed by atoms with Crippen LogP contribution in [0.2, 0.25) is 0 Å². The first-order valence-corrected chi connectivity index (χ1v) is 6.02. The van der Waals surface area contributed by atoms with E-state index in [-0.39, 0.29) is 17.6 Å². The normalized spacial score (nSPS) is 25.6. The largest absolute Gasteiger partial charge is 0.467 e. The molecule has 1 heterocycles. The van der Waals surface area contributed by atoms with Crippen molar-refractivity contribution in [2.75, 3.05) is 7.11 Å². The molecule has 0 bridgehead atoms. The minimum absolute atomic E-state index is 0.113. The number of hydrogen-bond acceptors (Lipinski definition) is 5. The summed E-state index contributed by atoms with van der Waals surface area (Å²) in [5, 5.41) is 12.9. The van der Waals surface area contributed by atoms with Crippen LogP contribution in [0.15, 0.2) is 16.7 Å². The molecule has 18 heavy (non-hydrogen) atoms. The third kappa shape index (κ3) is 2.28. The lowest BCUT2D eigenvalue weighted by molar-refractivity contribution is -0.0734. The van der Waals surface area contributed by atoms with Gasteiger partial charge in [-0.3, -0.25) is 0 Å². The number of rotatable bonds is 4. The van der Waals surface area contributed by atoms with E-state index >= 15 is 0 Å². The van der Waals surface area contributed by atoms with E-state index in [2.05, 4.69) is 10.1 Å². The number of furan rings is 1. The molecule has 1 saturated carbocycles. The Morgan fingerprint density at radius 3 is 2.94 bits per heavy atom. The molecule has 0 aromatic carbocycles. The summed E-state index contributed by atoms with van der Waals surface area (Å²) in [6.07, 6.45) is 1.89. The van der Waals surface area contributed by atoms with Crippen molar-refractivity contribution in [3.63, 3.8) is 0 Å². The van der Waals surface area contributed by atoms with E-state index in [4.69, 9.17) is 4.42 Å². The van der Waals surface area contributed by atoms with Crippen LogP contribution in [0.4, 0.5) is 0 Å². The molecule has 2 rings (SSSR count). The van der Waals surface area contributed by atoms with Gasteiger partial charge in [-0.05, 0) is 12.5 Å². The third-order valence-corrected chi connectivity index (χ3v) is 3.81. The highest BCUT2D eigenvalue weighted by atomic mass is 16.5. The van der Waals surface area contributed by atoms with Crippen LogP contribution in [-0.2, 0) is 11.3 Å². The molecule has 1 aromatic rings. The molecule has 5 heteroatoms. The number of aliphatic hydroxyl groups excluding tert-OH is 1. The van der Waals surface area contributed by atoms with Crippen LogP contribution < -0.4 is 5.32 Å². The second kappa shape index (κ2) is 4.74. The highest BCUT2D eigenvalue weighted by Gasteiger charge is 2.46. The summed E-state index contributed by atoms with van der Waals surface area (Å²) in [5.74, 6) is 0.289. The third-order valence-electron chi connectivity index (χ3n) is 3.81. The minimum atomic E-state index is -0.399. The lowest BCUT2D eigenvalue weighted by Gasteiger charge is -2.49. The summed E-state index contributed by atoms with van der Waals surface area (Å²) in [6, 6.07) is 1.93. The summed E-state index contributed by atoms with van der Waals surface area (Å²) >= 11 is 0. The number of methoxy groups -OCH3 is 1. The van der Waals surface area contributed by atoms with E-state index in [9.17, 15) is 9.90 Å². The molecule has 2 atom stereocenters. The Bertz CT molecular complexity index is 438. The monoisotopic (exact) mass is 253 g/mol. The Balaban J connectivity index is 1.88. The van der Waals surface area contributed by atoms with Gasteiger partial charge in [0.2, 0.25) is 0 Å². The maximum atomic E-state index is 11.2. The van der Waals surface area contributed by atoms with Crippen molar-refractivity contribution < 1.29 is 19.1 Å². The first-order chi connectivity index (χ1) is 8.45. The molecule has 2 N–H and O–H groups in total. The van der Waals surface area contributed by atoms with Gasteiger partial charge in [0, 0.05) is 11.5 Å². The average Bonchev–Trinajstić information content (AvgIpc) is 2.82. The summed E-state index contributed by atoms with van der Waals surface area (Å²) in [4.78, 5) is 11.2. The van der Waals surface area contributed by atoms with Crippen LogP contribution in [0.3, 0.4) is 0 Å². The average molecular weight is 253 g/mol. The molecule has 0 aliphatic heterocycles. The molecular weight excluding hydrogens is 234 g/mol. The van der Waals surface area contributed by atoms with Crippen molar-refractivity contribution in [2.24, 2.45) is 5.41 Å². The zero-order valence-electron chi connectivity index (χ0n) is 10.9. The van der Waals surface area contributed by atoms with E-state index in [1.165, 1.54) is 13.4 Å². The number of nitrogens with one attached hydrogen (secondary N) is 1. The smallest absolute Gasteiger partial charge is 0.341 e. The zero-order chi connectivity index (χ0) is 13.3. The van der Waals surface area contributed by atoms with Gasteiger partial charge in [0.25, 0.3) is 0 Å². The Morgan fingerprint density at radius 2 is 2.39 bits per heavy atom. The zero-order valence-corrected chi connectivity index (χ0v) is 10.9. The Kier molecular flexibility index (Phi) is 3.45. The first-order valence-electron chi connectivity index (χ1n) is 6.02. The van der Waals surface area contributed by atoms with E-state index in [0.29, 0.717) is 17.9 Å². The second-order valence-electron chi connectivity index (χ2n) is 5.30. The fourth-order valence-electron chi connectivity index (χ4n) is 2.17. The van der Waals surface area contributed by atoms with Crippen molar-refractivity contribution in [3.8, 4) is 0 Å². The molecular formula is C13H19NO4. The molecule has 0 spiro atoms. The molecule has 0 radical (unpaired) electrons. The molecule has 1 fully saturated rings. The summed E-state index contributed by atoms with van der Waals surface area (Å²) in [7, 11) is 1.34. The highest BCUT2D eigenvalue weighted by molar-refractivity contribution is 5.88. The molecule has 5 nitrogen and oxygen atoms in total. The van der Waals surface area contributed by atoms with Gasteiger partial charge in [-0.1, -0.05) is 13.8 Å². The van der Waals surface area contributed by atoms with Gasteiger partial charge < -0.3 is 19.6 Å². The topological polar surface area (TPSA) is 71.7 Å². The van der Waals surface area contributed by atoms with Gasteiger partial charge in [-0.25, -0.2) is 4.79 Å². The SMILES string of the molecule is COC(=O)c1coc(CNC2CC(O)C2(C)C)c1. The van der Waals surface area contributed by atoms with Gasteiger partial charge in [0.15, 0.2) is 0 Å². The lowest BCUT2D eigenvalue weighted by Crippen LogP contribution is -2.59. The fraction of sp³-hybridized carbons (Fsp3) is 0.615. The molecule has 1 aliphatic carbocycles. The molecule has 0 amide bonds. The predicted octanol–water partition coefficient (Wildman–Crippen LogP) is 1.32. The van der Waals surface area contributed by atoms with Crippen LogP contribution in [0.1, 0.15) is 36.4 Å². The van der Waals surface area contributed by atoms with Crippen molar-refractivity contribution in [3.05, 3.63) is 23.7 Å². The summed E-state index contributed by atoms with van der Waals surface area (Å²) < 4.78 is 9.88. The van der Waals surface area contributed by atoms with Crippen LogP contribution in [0, 0.1) is 5.41 Å². The minimum Gasteiger partial charge on any atom is -0.467 e. The Labute approximate surface area is 106 Å². The van der Waals surface area contributed by atoms with Crippen LogP contribution in [0.5, 0.6) is 0 Å². The highest BCUT2D eigenvalue weighted by Crippen LogP contribution is 2.40. The number of aliphatic hydroxyl groups is 1. The van der Waals surface area contributed by atoms with E-state index in [1.54, 1.807) is 6.07 Å². The van der Waals surface area contributed by atoms with Gasteiger partial charge in [-0.15, -0.1) is 0 Å². The van der Waals surface area contributed by atoms with Gasteiger partial charge in [-0.2, -0.15) is 0 Å². The van der Waals surface area contributed by atoms with E-state index in [1.807, 2.05) is 13.8 Å². The molecule has 1 aliphatic rings. The maximum Gasteiger partial charge on any atom is 0.341 e. The first kappa shape index (κ1) is 13.1. The van der Waals surface area contributed by atoms with Crippen molar-refractivity contribution in [1.29, 1.82) is 0 Å².